The van der Waals surface area contributed by atoms with E-state index in [4.69, 9.17) is 18.6 Å². The van der Waals surface area contributed by atoms with Crippen LogP contribution in [0.3, 0.4) is 0 Å². The molecule has 0 bridgehead atoms. The molecule has 12 heteroatoms. The van der Waals surface area contributed by atoms with Crippen molar-refractivity contribution in [3.05, 3.63) is 42.0 Å². The molecule has 210 valence electrons. The number of nitrogens with one attached hydrogen (secondary N) is 1. The van der Waals surface area contributed by atoms with Gasteiger partial charge in [-0.15, -0.1) is 5.10 Å². The van der Waals surface area contributed by atoms with Crippen molar-refractivity contribution in [2.24, 2.45) is 0 Å². The fourth-order valence-electron chi connectivity index (χ4n) is 4.41. The normalized spacial score (nSPS) is 16.1. The van der Waals surface area contributed by atoms with Gasteiger partial charge in [0.2, 0.25) is 21.7 Å². The van der Waals surface area contributed by atoms with Crippen molar-refractivity contribution >= 4 is 21.9 Å². The number of carbonyl (C=O) groups is 1. The number of sulfonamides is 1. The van der Waals surface area contributed by atoms with E-state index < -0.39 is 15.9 Å². The summed E-state index contributed by atoms with van der Waals surface area (Å²) in [5.74, 6) is 1.05. The zero-order chi connectivity index (χ0) is 28.0. The SMILES string of the molecule is CCOc1cc(-c2nnc(NC(=O)c3ccc(S(=O)(=O)N4CCCCC4C)cc3)o2)cc(OCC)c1OCC. The summed E-state index contributed by atoms with van der Waals surface area (Å²) in [6, 6.07) is 9.05. The molecule has 2 heterocycles. The first-order valence-electron chi connectivity index (χ1n) is 13.1. The number of piperidine rings is 1. The predicted molar refractivity (Wildman–Crippen MR) is 145 cm³/mol. The maximum absolute atomic E-state index is 13.1. The highest BCUT2D eigenvalue weighted by molar-refractivity contribution is 7.89. The summed E-state index contributed by atoms with van der Waals surface area (Å²) < 4.78 is 50.5. The number of rotatable bonds is 11. The minimum atomic E-state index is -3.63. The van der Waals surface area contributed by atoms with Crippen molar-refractivity contribution in [1.82, 2.24) is 14.5 Å². The molecule has 1 saturated heterocycles. The van der Waals surface area contributed by atoms with Crippen molar-refractivity contribution in [1.29, 1.82) is 0 Å². The van der Waals surface area contributed by atoms with Gasteiger partial charge in [0.05, 0.1) is 24.7 Å². The first-order chi connectivity index (χ1) is 18.8. The summed E-state index contributed by atoms with van der Waals surface area (Å²) in [7, 11) is -3.63. The Morgan fingerprint density at radius 1 is 1.00 bits per heavy atom. The average molecular weight is 559 g/mol. The fraction of sp³-hybridized carbons (Fsp3) is 0.444. The van der Waals surface area contributed by atoms with E-state index >= 15 is 0 Å². The molecule has 1 atom stereocenters. The van der Waals surface area contributed by atoms with Gasteiger partial charge in [0, 0.05) is 23.7 Å². The number of ether oxygens (including phenoxy) is 3. The second-order valence-corrected chi connectivity index (χ2v) is 10.8. The van der Waals surface area contributed by atoms with Crippen LogP contribution in [0, 0.1) is 0 Å². The smallest absolute Gasteiger partial charge is 0.322 e. The molecule has 1 amide bonds. The van der Waals surface area contributed by atoms with Crippen LogP contribution < -0.4 is 19.5 Å². The molecule has 1 unspecified atom stereocenters. The number of anilines is 1. The summed E-state index contributed by atoms with van der Waals surface area (Å²) in [6.07, 6.45) is 2.69. The van der Waals surface area contributed by atoms with E-state index in [0.717, 1.165) is 19.3 Å². The molecule has 1 aliphatic heterocycles. The van der Waals surface area contributed by atoms with Crippen molar-refractivity contribution in [3.63, 3.8) is 0 Å². The number of benzene rings is 2. The number of nitrogens with zero attached hydrogens (tertiary/aromatic N) is 3. The molecule has 11 nitrogen and oxygen atoms in total. The van der Waals surface area contributed by atoms with E-state index in [1.807, 2.05) is 27.7 Å². The molecule has 1 aromatic heterocycles. The average Bonchev–Trinajstić information content (AvgIpc) is 3.39. The molecule has 4 rings (SSSR count). The van der Waals surface area contributed by atoms with E-state index in [0.29, 0.717) is 49.2 Å². The lowest BCUT2D eigenvalue weighted by molar-refractivity contribution is 0.102. The monoisotopic (exact) mass is 558 g/mol. The Bertz CT molecular complexity index is 1360. The highest BCUT2D eigenvalue weighted by Gasteiger charge is 2.31. The topological polar surface area (TPSA) is 133 Å². The Kier molecular flexibility index (Phi) is 9.08. The first kappa shape index (κ1) is 28.4. The van der Waals surface area contributed by atoms with Crippen molar-refractivity contribution in [2.75, 3.05) is 31.7 Å². The third-order valence-corrected chi connectivity index (χ3v) is 8.29. The van der Waals surface area contributed by atoms with Crippen LogP contribution in [0.5, 0.6) is 17.2 Å². The van der Waals surface area contributed by atoms with Gasteiger partial charge in [-0.2, -0.15) is 4.31 Å². The van der Waals surface area contributed by atoms with Crippen molar-refractivity contribution < 1.29 is 31.8 Å². The van der Waals surface area contributed by atoms with Crippen LogP contribution >= 0.6 is 0 Å². The highest BCUT2D eigenvalue weighted by Crippen LogP contribution is 2.42. The molecular formula is C27H34N4O7S. The highest BCUT2D eigenvalue weighted by atomic mass is 32.2. The van der Waals surface area contributed by atoms with Crippen molar-refractivity contribution in [2.45, 2.75) is 57.9 Å². The van der Waals surface area contributed by atoms with Crippen LogP contribution in [0.15, 0.2) is 45.7 Å². The van der Waals surface area contributed by atoms with Gasteiger partial charge in [-0.05, 0) is 76.9 Å². The van der Waals surface area contributed by atoms with Crippen molar-refractivity contribution in [3.8, 4) is 28.7 Å². The molecule has 0 radical (unpaired) electrons. The Hall–Kier alpha value is -3.64. The lowest BCUT2D eigenvalue weighted by Crippen LogP contribution is -2.41. The summed E-state index contributed by atoms with van der Waals surface area (Å²) in [4.78, 5) is 13.0. The largest absolute Gasteiger partial charge is 0.490 e. The van der Waals surface area contributed by atoms with E-state index in [9.17, 15) is 13.2 Å². The minimum absolute atomic E-state index is 0.0527. The molecule has 0 spiro atoms. The summed E-state index contributed by atoms with van der Waals surface area (Å²) >= 11 is 0. The lowest BCUT2D eigenvalue weighted by Gasteiger charge is -2.32. The molecule has 1 N–H and O–H groups in total. The Morgan fingerprint density at radius 3 is 2.23 bits per heavy atom. The molecule has 39 heavy (non-hydrogen) atoms. The second-order valence-electron chi connectivity index (χ2n) is 8.95. The maximum Gasteiger partial charge on any atom is 0.322 e. The number of hydrogen-bond acceptors (Lipinski definition) is 9. The third kappa shape index (κ3) is 6.34. The van der Waals surface area contributed by atoms with Gasteiger partial charge in [0.1, 0.15) is 0 Å². The fourth-order valence-corrected chi connectivity index (χ4v) is 6.11. The van der Waals surface area contributed by atoms with E-state index in [1.165, 1.54) is 28.6 Å². The number of aromatic nitrogens is 2. The summed E-state index contributed by atoms with van der Waals surface area (Å²) in [5.41, 5.74) is 0.776. The van der Waals surface area contributed by atoms with Gasteiger partial charge in [-0.25, -0.2) is 8.42 Å². The van der Waals surface area contributed by atoms with Crippen LogP contribution in [0.25, 0.3) is 11.5 Å². The molecule has 0 aliphatic carbocycles. The maximum atomic E-state index is 13.1. The Labute approximate surface area is 228 Å². The van der Waals surface area contributed by atoms with Crippen LogP contribution in [0.1, 0.15) is 57.3 Å². The zero-order valence-corrected chi connectivity index (χ0v) is 23.4. The Balaban J connectivity index is 1.51. The van der Waals surface area contributed by atoms with Crippen LogP contribution in [0.2, 0.25) is 0 Å². The summed E-state index contributed by atoms with van der Waals surface area (Å²) in [5, 5.41) is 10.5. The van der Waals surface area contributed by atoms with Gasteiger partial charge in [0.25, 0.3) is 5.91 Å². The van der Waals surface area contributed by atoms with Gasteiger partial charge >= 0.3 is 6.01 Å². The van der Waals surface area contributed by atoms with Crippen LogP contribution in [0.4, 0.5) is 6.01 Å². The lowest BCUT2D eigenvalue weighted by atomic mass is 10.1. The van der Waals surface area contributed by atoms with Gasteiger partial charge < -0.3 is 18.6 Å². The van der Waals surface area contributed by atoms with Crippen LogP contribution in [-0.2, 0) is 10.0 Å². The number of hydrogen-bond donors (Lipinski definition) is 1. The first-order valence-corrected chi connectivity index (χ1v) is 14.6. The predicted octanol–water partition coefficient (Wildman–Crippen LogP) is 4.75. The molecule has 1 aliphatic rings. The third-order valence-electron chi connectivity index (χ3n) is 6.27. The number of amides is 1. The zero-order valence-electron chi connectivity index (χ0n) is 22.6. The van der Waals surface area contributed by atoms with E-state index in [2.05, 4.69) is 15.5 Å². The van der Waals surface area contributed by atoms with E-state index in [1.54, 1.807) is 12.1 Å². The standard InChI is InChI=1S/C27H34N4O7S/c1-5-35-22-16-20(17-23(36-6-2)24(22)37-7-3)26-29-30-27(38-26)28-25(32)19-11-13-21(14-12-19)39(33,34)31-15-9-8-10-18(31)4/h11-14,16-18H,5-10,15H2,1-4H3,(H,28,30,32). The molecule has 2 aromatic carbocycles. The number of carbonyl (C=O) groups excluding carboxylic acids is 1. The van der Waals surface area contributed by atoms with Crippen LogP contribution in [-0.4, -0.2) is 61.2 Å². The molecule has 1 fully saturated rings. The molecule has 0 saturated carbocycles. The van der Waals surface area contributed by atoms with Gasteiger partial charge in [-0.1, -0.05) is 11.5 Å². The summed E-state index contributed by atoms with van der Waals surface area (Å²) in [6.45, 7) is 9.26. The minimum Gasteiger partial charge on any atom is -0.490 e. The van der Waals surface area contributed by atoms with Gasteiger partial charge in [-0.3, -0.25) is 10.1 Å². The molecular weight excluding hydrogens is 524 g/mol. The Morgan fingerprint density at radius 2 is 1.64 bits per heavy atom. The van der Waals surface area contributed by atoms with Gasteiger partial charge in [0.15, 0.2) is 11.5 Å². The quantitative estimate of drug-likeness (QED) is 0.354. The van der Waals surface area contributed by atoms with E-state index in [-0.39, 0.29) is 28.4 Å². The second kappa shape index (κ2) is 12.5. The molecule has 3 aromatic rings.